The zero-order valence-electron chi connectivity index (χ0n) is 12.9. The maximum absolute atomic E-state index is 6.12. The van der Waals surface area contributed by atoms with Gasteiger partial charge < -0.3 is 9.47 Å². The van der Waals surface area contributed by atoms with Crippen molar-refractivity contribution in [3.05, 3.63) is 47.7 Å². The molecular weight excluding hydrogens is 248 g/mol. The number of aryl methyl sites for hydroxylation is 1. The molecule has 1 aliphatic heterocycles. The SMILES string of the molecule is C=C(CCC)OC1(C)CCOC(c2ccc(C)cc2)C1. The number of hydrogen-bond donors (Lipinski definition) is 0. The second kappa shape index (κ2) is 6.45. The van der Waals surface area contributed by atoms with E-state index in [0.29, 0.717) is 0 Å². The standard InChI is InChI=1S/C18H26O2/c1-5-6-15(3)20-18(4)11-12-19-17(13-18)16-9-7-14(2)8-10-16/h7-10,17H,3,5-6,11-13H2,1-2,4H3. The summed E-state index contributed by atoms with van der Waals surface area (Å²) in [5.41, 5.74) is 2.37. The van der Waals surface area contributed by atoms with Crippen LogP contribution in [0.3, 0.4) is 0 Å². The monoisotopic (exact) mass is 274 g/mol. The minimum Gasteiger partial charge on any atom is -0.492 e. The number of benzene rings is 1. The maximum atomic E-state index is 6.12. The quantitative estimate of drug-likeness (QED) is 0.708. The van der Waals surface area contributed by atoms with Crippen LogP contribution in [0.25, 0.3) is 0 Å². The predicted octanol–water partition coefficient (Wildman–Crippen LogP) is 4.94. The predicted molar refractivity (Wildman–Crippen MR) is 82.6 cm³/mol. The molecule has 2 rings (SSSR count). The van der Waals surface area contributed by atoms with Crippen LogP contribution in [0.1, 0.15) is 56.8 Å². The minimum absolute atomic E-state index is 0.128. The van der Waals surface area contributed by atoms with Crippen LogP contribution in [0.2, 0.25) is 0 Å². The molecular formula is C18H26O2. The van der Waals surface area contributed by atoms with E-state index in [0.717, 1.165) is 38.0 Å². The number of ether oxygens (including phenoxy) is 2. The lowest BCUT2D eigenvalue weighted by atomic mass is 9.88. The fourth-order valence-electron chi connectivity index (χ4n) is 2.74. The molecule has 1 aromatic carbocycles. The van der Waals surface area contributed by atoms with Crippen LogP contribution in [0, 0.1) is 6.92 Å². The molecule has 110 valence electrons. The van der Waals surface area contributed by atoms with Crippen LogP contribution in [0.5, 0.6) is 0 Å². The molecule has 1 fully saturated rings. The van der Waals surface area contributed by atoms with Crippen molar-refractivity contribution >= 4 is 0 Å². The normalized spacial score (nSPS) is 26.2. The van der Waals surface area contributed by atoms with Gasteiger partial charge in [0.2, 0.25) is 0 Å². The third-order valence-corrected chi connectivity index (χ3v) is 3.94. The van der Waals surface area contributed by atoms with Crippen molar-refractivity contribution in [1.29, 1.82) is 0 Å². The van der Waals surface area contributed by atoms with Crippen LogP contribution in [-0.2, 0) is 9.47 Å². The van der Waals surface area contributed by atoms with Gasteiger partial charge in [0.15, 0.2) is 0 Å². The molecule has 1 aromatic rings. The second-order valence-corrected chi connectivity index (χ2v) is 6.06. The second-order valence-electron chi connectivity index (χ2n) is 6.06. The first-order chi connectivity index (χ1) is 9.52. The lowest BCUT2D eigenvalue weighted by Crippen LogP contribution is -2.37. The summed E-state index contributed by atoms with van der Waals surface area (Å²) in [6, 6.07) is 8.60. The Hall–Kier alpha value is -1.28. The van der Waals surface area contributed by atoms with Gasteiger partial charge in [-0.2, -0.15) is 0 Å². The average Bonchev–Trinajstić information content (AvgIpc) is 2.39. The molecule has 0 bridgehead atoms. The Morgan fingerprint density at radius 1 is 1.40 bits per heavy atom. The van der Waals surface area contributed by atoms with E-state index in [4.69, 9.17) is 9.47 Å². The largest absolute Gasteiger partial charge is 0.492 e. The molecule has 0 aliphatic carbocycles. The highest BCUT2D eigenvalue weighted by atomic mass is 16.5. The van der Waals surface area contributed by atoms with Gasteiger partial charge in [0.05, 0.1) is 18.5 Å². The van der Waals surface area contributed by atoms with E-state index in [2.05, 4.69) is 51.6 Å². The Kier molecular flexibility index (Phi) is 4.87. The van der Waals surface area contributed by atoms with Crippen molar-refractivity contribution in [2.75, 3.05) is 6.61 Å². The minimum atomic E-state index is -0.153. The van der Waals surface area contributed by atoms with Gasteiger partial charge in [0.1, 0.15) is 5.60 Å². The van der Waals surface area contributed by atoms with E-state index in [-0.39, 0.29) is 11.7 Å². The summed E-state index contributed by atoms with van der Waals surface area (Å²) in [7, 11) is 0. The van der Waals surface area contributed by atoms with Gasteiger partial charge in [-0.15, -0.1) is 0 Å². The highest BCUT2D eigenvalue weighted by Gasteiger charge is 2.35. The van der Waals surface area contributed by atoms with E-state index in [1.807, 2.05) is 0 Å². The highest BCUT2D eigenvalue weighted by Crippen LogP contribution is 2.38. The van der Waals surface area contributed by atoms with E-state index < -0.39 is 0 Å². The van der Waals surface area contributed by atoms with Crippen molar-refractivity contribution in [2.45, 2.75) is 58.2 Å². The topological polar surface area (TPSA) is 18.5 Å². The molecule has 0 amide bonds. The molecule has 0 radical (unpaired) electrons. The summed E-state index contributed by atoms with van der Waals surface area (Å²) in [6.07, 6.45) is 3.96. The van der Waals surface area contributed by atoms with Crippen LogP contribution in [0.4, 0.5) is 0 Å². The molecule has 2 heteroatoms. The van der Waals surface area contributed by atoms with Gasteiger partial charge in [0, 0.05) is 19.3 Å². The average molecular weight is 274 g/mol. The summed E-state index contributed by atoms with van der Waals surface area (Å²) in [4.78, 5) is 0. The Bertz CT molecular complexity index is 449. The molecule has 2 nitrogen and oxygen atoms in total. The van der Waals surface area contributed by atoms with Crippen molar-refractivity contribution in [3.8, 4) is 0 Å². The van der Waals surface area contributed by atoms with Crippen molar-refractivity contribution in [2.24, 2.45) is 0 Å². The zero-order valence-corrected chi connectivity index (χ0v) is 12.9. The van der Waals surface area contributed by atoms with Crippen LogP contribution in [0.15, 0.2) is 36.6 Å². The summed E-state index contributed by atoms with van der Waals surface area (Å²) in [5.74, 6) is 0.902. The molecule has 2 atom stereocenters. The van der Waals surface area contributed by atoms with Gasteiger partial charge in [-0.1, -0.05) is 43.3 Å². The molecule has 2 unspecified atom stereocenters. The summed E-state index contributed by atoms with van der Waals surface area (Å²) in [6.45, 7) is 11.2. The third kappa shape index (κ3) is 3.86. The van der Waals surface area contributed by atoms with Gasteiger partial charge in [0.25, 0.3) is 0 Å². The Labute approximate surface area is 122 Å². The lowest BCUT2D eigenvalue weighted by Gasteiger charge is -2.39. The first kappa shape index (κ1) is 15.1. The first-order valence-electron chi connectivity index (χ1n) is 7.57. The first-order valence-corrected chi connectivity index (χ1v) is 7.57. The fraction of sp³-hybridized carbons (Fsp3) is 0.556. The van der Waals surface area contributed by atoms with Gasteiger partial charge in [-0.05, 0) is 25.8 Å². The van der Waals surface area contributed by atoms with Crippen LogP contribution in [-0.4, -0.2) is 12.2 Å². The fourth-order valence-corrected chi connectivity index (χ4v) is 2.74. The Balaban J connectivity index is 2.03. The molecule has 1 saturated heterocycles. The molecule has 0 spiro atoms. The van der Waals surface area contributed by atoms with Crippen molar-refractivity contribution < 1.29 is 9.47 Å². The highest BCUT2D eigenvalue weighted by molar-refractivity contribution is 5.24. The van der Waals surface area contributed by atoms with Gasteiger partial charge >= 0.3 is 0 Å². The summed E-state index contributed by atoms with van der Waals surface area (Å²) >= 11 is 0. The maximum Gasteiger partial charge on any atom is 0.111 e. The van der Waals surface area contributed by atoms with E-state index in [9.17, 15) is 0 Å². The van der Waals surface area contributed by atoms with E-state index in [1.165, 1.54) is 11.1 Å². The molecule has 1 heterocycles. The number of allylic oxidation sites excluding steroid dienone is 1. The smallest absolute Gasteiger partial charge is 0.111 e. The van der Waals surface area contributed by atoms with Crippen LogP contribution < -0.4 is 0 Å². The molecule has 0 saturated carbocycles. The van der Waals surface area contributed by atoms with E-state index >= 15 is 0 Å². The molecule has 20 heavy (non-hydrogen) atoms. The zero-order chi connectivity index (χ0) is 14.6. The Morgan fingerprint density at radius 2 is 2.10 bits per heavy atom. The van der Waals surface area contributed by atoms with Gasteiger partial charge in [-0.3, -0.25) is 0 Å². The lowest BCUT2D eigenvalue weighted by molar-refractivity contribution is -0.110. The summed E-state index contributed by atoms with van der Waals surface area (Å²) in [5, 5.41) is 0. The Morgan fingerprint density at radius 3 is 2.75 bits per heavy atom. The number of hydrogen-bond acceptors (Lipinski definition) is 2. The van der Waals surface area contributed by atoms with Crippen molar-refractivity contribution in [3.63, 3.8) is 0 Å². The molecule has 0 N–H and O–H groups in total. The summed E-state index contributed by atoms with van der Waals surface area (Å²) < 4.78 is 12.1. The van der Waals surface area contributed by atoms with Crippen molar-refractivity contribution in [1.82, 2.24) is 0 Å². The molecule has 1 aliphatic rings. The van der Waals surface area contributed by atoms with E-state index in [1.54, 1.807) is 0 Å². The molecule has 0 aromatic heterocycles. The third-order valence-electron chi connectivity index (χ3n) is 3.94. The van der Waals surface area contributed by atoms with Crippen LogP contribution >= 0.6 is 0 Å². The van der Waals surface area contributed by atoms with Gasteiger partial charge in [-0.25, -0.2) is 0 Å². The number of rotatable bonds is 5.